The lowest BCUT2D eigenvalue weighted by molar-refractivity contribution is -0.121. The third-order valence-corrected chi connectivity index (χ3v) is 5.70. The van der Waals surface area contributed by atoms with Crippen LogP contribution in [0.15, 0.2) is 29.6 Å². The molecule has 3 nitrogen and oxygen atoms in total. The molecule has 0 aliphatic carbocycles. The molecule has 1 amide bonds. The van der Waals surface area contributed by atoms with Crippen molar-refractivity contribution in [1.82, 2.24) is 10.6 Å². The fourth-order valence-electron chi connectivity index (χ4n) is 3.34. The number of halogens is 1. The maximum absolute atomic E-state index is 12.0. The first-order chi connectivity index (χ1) is 11.3. The summed E-state index contributed by atoms with van der Waals surface area (Å²) in [5.41, 5.74) is 1.38. The second kappa shape index (κ2) is 10.0. The first-order valence-electron chi connectivity index (χ1n) is 8.75. The molecule has 1 aliphatic rings. The molecule has 0 saturated carbocycles. The van der Waals surface area contributed by atoms with E-state index in [1.807, 2.05) is 0 Å². The number of hydrogen-bond donors (Lipinski definition) is 2. The summed E-state index contributed by atoms with van der Waals surface area (Å²) in [7, 11) is 0. The number of hydrogen-bond acceptors (Lipinski definition) is 3. The summed E-state index contributed by atoms with van der Waals surface area (Å²) in [6, 6.07) is 8.51. The maximum Gasteiger partial charge on any atom is 0.220 e. The SMILES string of the molecule is Cl.O=C(CCCc1csc2ccccc12)NCCC1CCCNC1. The summed E-state index contributed by atoms with van der Waals surface area (Å²) in [6.07, 6.45) is 6.23. The third-order valence-electron chi connectivity index (χ3n) is 4.68. The molecule has 1 fully saturated rings. The minimum Gasteiger partial charge on any atom is -0.356 e. The second-order valence-corrected chi connectivity index (χ2v) is 7.37. The first kappa shape index (κ1) is 19.2. The van der Waals surface area contributed by atoms with Gasteiger partial charge in [0.1, 0.15) is 0 Å². The zero-order valence-electron chi connectivity index (χ0n) is 14.1. The van der Waals surface area contributed by atoms with Crippen molar-refractivity contribution in [3.8, 4) is 0 Å². The molecule has 1 saturated heterocycles. The van der Waals surface area contributed by atoms with Gasteiger partial charge < -0.3 is 10.6 Å². The Kier molecular flexibility index (Phi) is 8.03. The molecule has 0 radical (unpaired) electrons. The Balaban J connectivity index is 0.00000208. The number of piperidine rings is 1. The van der Waals surface area contributed by atoms with Crippen LogP contribution in [-0.4, -0.2) is 25.5 Å². The predicted octanol–water partition coefficient (Wildman–Crippen LogP) is 4.15. The van der Waals surface area contributed by atoms with Crippen molar-refractivity contribution in [2.75, 3.05) is 19.6 Å². The molecule has 0 bridgehead atoms. The lowest BCUT2D eigenvalue weighted by Gasteiger charge is -2.22. The van der Waals surface area contributed by atoms with Gasteiger partial charge in [-0.15, -0.1) is 23.7 Å². The summed E-state index contributed by atoms with van der Waals surface area (Å²) in [5.74, 6) is 0.939. The molecule has 24 heavy (non-hydrogen) atoms. The normalized spacial score (nSPS) is 17.4. The van der Waals surface area contributed by atoms with E-state index in [0.717, 1.165) is 44.8 Å². The quantitative estimate of drug-likeness (QED) is 0.772. The van der Waals surface area contributed by atoms with Gasteiger partial charge in [-0.2, -0.15) is 0 Å². The van der Waals surface area contributed by atoms with Gasteiger partial charge in [0.05, 0.1) is 0 Å². The number of fused-ring (bicyclic) bond motifs is 1. The minimum absolute atomic E-state index is 0. The van der Waals surface area contributed by atoms with Crippen LogP contribution in [0.2, 0.25) is 0 Å². The average molecular weight is 367 g/mol. The number of benzene rings is 1. The highest BCUT2D eigenvalue weighted by atomic mass is 35.5. The molecule has 1 aliphatic heterocycles. The van der Waals surface area contributed by atoms with E-state index in [1.54, 1.807) is 11.3 Å². The van der Waals surface area contributed by atoms with Crippen molar-refractivity contribution in [2.45, 2.75) is 38.5 Å². The van der Waals surface area contributed by atoms with Gasteiger partial charge in [0, 0.05) is 17.7 Å². The zero-order valence-corrected chi connectivity index (χ0v) is 15.7. The Morgan fingerprint density at radius 2 is 2.21 bits per heavy atom. The van der Waals surface area contributed by atoms with E-state index in [4.69, 9.17) is 0 Å². The zero-order chi connectivity index (χ0) is 15.9. The Morgan fingerprint density at radius 3 is 3.04 bits per heavy atom. The Bertz CT molecular complexity index is 637. The van der Waals surface area contributed by atoms with Crippen molar-refractivity contribution in [1.29, 1.82) is 0 Å². The van der Waals surface area contributed by atoms with Crippen LogP contribution in [0.5, 0.6) is 0 Å². The topological polar surface area (TPSA) is 41.1 Å². The van der Waals surface area contributed by atoms with E-state index in [1.165, 1.54) is 28.5 Å². The Morgan fingerprint density at radius 1 is 1.33 bits per heavy atom. The molecule has 3 rings (SSSR count). The number of thiophene rings is 1. The van der Waals surface area contributed by atoms with Crippen LogP contribution < -0.4 is 10.6 Å². The fourth-order valence-corrected chi connectivity index (χ4v) is 4.34. The van der Waals surface area contributed by atoms with Crippen molar-refractivity contribution < 1.29 is 4.79 Å². The van der Waals surface area contributed by atoms with Gasteiger partial charge in [-0.05, 0) is 73.5 Å². The molecule has 2 aromatic rings. The van der Waals surface area contributed by atoms with E-state index in [2.05, 4.69) is 40.3 Å². The van der Waals surface area contributed by atoms with Crippen molar-refractivity contribution in [3.05, 3.63) is 35.2 Å². The van der Waals surface area contributed by atoms with Crippen molar-refractivity contribution >= 4 is 39.7 Å². The summed E-state index contributed by atoms with van der Waals surface area (Å²) in [5, 5.41) is 10.1. The smallest absolute Gasteiger partial charge is 0.220 e. The number of carbonyl (C=O) groups excluding carboxylic acids is 1. The molecular weight excluding hydrogens is 340 g/mol. The summed E-state index contributed by atoms with van der Waals surface area (Å²) in [6.45, 7) is 3.09. The lowest BCUT2D eigenvalue weighted by atomic mass is 9.96. The first-order valence-corrected chi connectivity index (χ1v) is 9.63. The second-order valence-electron chi connectivity index (χ2n) is 6.46. The Labute approximate surface area is 154 Å². The summed E-state index contributed by atoms with van der Waals surface area (Å²) >= 11 is 1.80. The number of nitrogens with one attached hydrogen (secondary N) is 2. The van der Waals surface area contributed by atoms with Crippen molar-refractivity contribution in [2.24, 2.45) is 5.92 Å². The number of aryl methyl sites for hydroxylation is 1. The minimum atomic E-state index is 0. The highest BCUT2D eigenvalue weighted by Crippen LogP contribution is 2.26. The van der Waals surface area contributed by atoms with Crippen LogP contribution in [0.3, 0.4) is 0 Å². The van der Waals surface area contributed by atoms with Crippen LogP contribution in [0.1, 0.15) is 37.7 Å². The lowest BCUT2D eigenvalue weighted by Crippen LogP contribution is -2.33. The van der Waals surface area contributed by atoms with Crippen LogP contribution in [-0.2, 0) is 11.2 Å². The van der Waals surface area contributed by atoms with Gasteiger partial charge in [0.15, 0.2) is 0 Å². The third kappa shape index (κ3) is 5.47. The van der Waals surface area contributed by atoms with Crippen LogP contribution >= 0.6 is 23.7 Å². The van der Waals surface area contributed by atoms with Crippen LogP contribution in [0.25, 0.3) is 10.1 Å². The average Bonchev–Trinajstić information content (AvgIpc) is 2.99. The standard InChI is InChI=1S/C19H26N2OS.ClH/c22-19(21-12-10-15-5-4-11-20-13-15)9-3-6-16-14-23-18-8-2-1-7-17(16)18;/h1-2,7-8,14-15,20H,3-6,9-13H2,(H,21,22);1H. The van der Waals surface area contributed by atoms with Gasteiger partial charge in [0.2, 0.25) is 5.91 Å². The highest BCUT2D eigenvalue weighted by molar-refractivity contribution is 7.17. The number of carbonyl (C=O) groups is 1. The molecule has 1 aromatic heterocycles. The van der Waals surface area contributed by atoms with Gasteiger partial charge in [-0.1, -0.05) is 18.2 Å². The van der Waals surface area contributed by atoms with E-state index in [-0.39, 0.29) is 18.3 Å². The van der Waals surface area contributed by atoms with Crippen LogP contribution in [0, 0.1) is 5.92 Å². The molecule has 0 spiro atoms. The van der Waals surface area contributed by atoms with E-state index < -0.39 is 0 Å². The molecule has 2 heterocycles. The van der Waals surface area contributed by atoms with Gasteiger partial charge in [-0.25, -0.2) is 0 Å². The molecule has 2 N–H and O–H groups in total. The molecule has 132 valence electrons. The van der Waals surface area contributed by atoms with Crippen molar-refractivity contribution in [3.63, 3.8) is 0 Å². The van der Waals surface area contributed by atoms with Gasteiger partial charge >= 0.3 is 0 Å². The van der Waals surface area contributed by atoms with Gasteiger partial charge in [-0.3, -0.25) is 4.79 Å². The van der Waals surface area contributed by atoms with E-state index in [0.29, 0.717) is 6.42 Å². The molecular formula is C19H27ClN2OS. The monoisotopic (exact) mass is 366 g/mol. The largest absolute Gasteiger partial charge is 0.356 e. The molecule has 1 unspecified atom stereocenters. The fraction of sp³-hybridized carbons (Fsp3) is 0.526. The van der Waals surface area contributed by atoms with Gasteiger partial charge in [0.25, 0.3) is 0 Å². The molecule has 5 heteroatoms. The summed E-state index contributed by atoms with van der Waals surface area (Å²) in [4.78, 5) is 12.0. The molecule has 1 aromatic carbocycles. The summed E-state index contributed by atoms with van der Waals surface area (Å²) < 4.78 is 1.34. The number of rotatable bonds is 7. The Hall–Kier alpha value is -1.10. The highest BCUT2D eigenvalue weighted by Gasteiger charge is 2.12. The number of amides is 1. The van der Waals surface area contributed by atoms with Crippen LogP contribution in [0.4, 0.5) is 0 Å². The van der Waals surface area contributed by atoms with E-state index >= 15 is 0 Å². The molecule has 1 atom stereocenters. The maximum atomic E-state index is 12.0. The van der Waals surface area contributed by atoms with E-state index in [9.17, 15) is 4.79 Å². The predicted molar refractivity (Wildman–Crippen MR) is 105 cm³/mol.